The second-order valence-corrected chi connectivity index (χ2v) is 10.4. The molecule has 4 aromatic rings. The Hall–Kier alpha value is -4.39. The molecule has 1 atom stereocenters. The maximum Gasteiger partial charge on any atom is 0.412 e. The number of nitrogens with zero attached hydrogens (tertiary/aromatic N) is 1. The summed E-state index contributed by atoms with van der Waals surface area (Å²) in [6, 6.07) is 22.1. The number of benzene rings is 3. The summed E-state index contributed by atoms with van der Waals surface area (Å²) in [7, 11) is 1.46. The van der Waals surface area contributed by atoms with Crippen molar-refractivity contribution in [1.82, 2.24) is 5.16 Å². The van der Waals surface area contributed by atoms with Crippen LogP contribution >= 0.6 is 0 Å². The van der Waals surface area contributed by atoms with Crippen LogP contribution in [0.25, 0.3) is 22.5 Å². The predicted octanol–water partition coefficient (Wildman–Crippen LogP) is 6.93. The smallest absolute Gasteiger partial charge is 0.412 e. The molecule has 1 amide bonds. The van der Waals surface area contributed by atoms with Crippen LogP contribution in [0.2, 0.25) is 0 Å². The minimum Gasteiger partial charge on any atom is -0.468 e. The Bertz CT molecular complexity index is 1570. The van der Waals surface area contributed by atoms with Gasteiger partial charge in [-0.15, -0.1) is 0 Å². The maximum atomic E-state index is 12.7. The molecule has 6 rings (SSSR count). The molecular weight excluding hydrogens is 492 g/mol. The average molecular weight is 523 g/mol. The third-order valence-electron chi connectivity index (χ3n) is 7.95. The largest absolute Gasteiger partial charge is 0.468 e. The van der Waals surface area contributed by atoms with Crippen molar-refractivity contribution >= 4 is 17.7 Å². The first kappa shape index (κ1) is 24.9. The number of aromatic nitrogens is 1. The number of fused-ring (bicyclic) bond motifs is 3. The van der Waals surface area contributed by atoms with Crippen LogP contribution in [0, 0.1) is 6.92 Å². The number of hydrogen-bond acceptors (Lipinski definition) is 6. The highest BCUT2D eigenvalue weighted by molar-refractivity contribution is 5.91. The lowest BCUT2D eigenvalue weighted by atomic mass is 9.82. The van der Waals surface area contributed by atoms with Crippen LogP contribution < -0.4 is 5.32 Å². The first-order valence-corrected chi connectivity index (χ1v) is 13.2. The van der Waals surface area contributed by atoms with Gasteiger partial charge in [0.25, 0.3) is 0 Å². The van der Waals surface area contributed by atoms with E-state index >= 15 is 0 Å². The molecule has 0 spiro atoms. The lowest BCUT2D eigenvalue weighted by molar-refractivity contribution is -0.143. The van der Waals surface area contributed by atoms with E-state index in [1.165, 1.54) is 23.8 Å². The van der Waals surface area contributed by atoms with Crippen LogP contribution in [-0.2, 0) is 32.5 Å². The lowest BCUT2D eigenvalue weighted by Gasteiger charge is -2.23. The fourth-order valence-electron chi connectivity index (χ4n) is 5.56. The molecule has 0 bridgehead atoms. The van der Waals surface area contributed by atoms with E-state index in [0.29, 0.717) is 17.1 Å². The van der Waals surface area contributed by atoms with E-state index in [-0.39, 0.29) is 5.97 Å². The van der Waals surface area contributed by atoms with E-state index < -0.39 is 17.6 Å². The highest BCUT2D eigenvalue weighted by atomic mass is 16.6. The predicted molar refractivity (Wildman–Crippen MR) is 147 cm³/mol. The van der Waals surface area contributed by atoms with Gasteiger partial charge in [-0.1, -0.05) is 65.8 Å². The van der Waals surface area contributed by atoms with E-state index in [2.05, 4.69) is 40.8 Å². The minimum absolute atomic E-state index is 0.145. The van der Waals surface area contributed by atoms with Gasteiger partial charge in [-0.05, 0) is 79.0 Å². The van der Waals surface area contributed by atoms with E-state index in [9.17, 15) is 9.59 Å². The number of esters is 1. The topological polar surface area (TPSA) is 90.7 Å². The van der Waals surface area contributed by atoms with Crippen molar-refractivity contribution in [3.05, 3.63) is 94.7 Å². The number of nitrogens with one attached hydrogen (secondary N) is 1. The molecule has 39 heavy (non-hydrogen) atoms. The standard InChI is InChI=1S/C32H30N2O5/c1-19-28(33-31(36)38-20(2)21-7-5-4-6-8-21)29(39-34-19)24-11-13-26-22(17-24)9-10-23-18-25(12-14-27(23)26)32(15-16-32)30(35)37-3/h4-8,11-14,17-18,20H,9-10,15-16H2,1-3H3,(H,33,36)/t20-/m1/s1. The van der Waals surface area contributed by atoms with Gasteiger partial charge in [0.1, 0.15) is 17.5 Å². The summed E-state index contributed by atoms with van der Waals surface area (Å²) in [5.41, 5.74) is 8.18. The number of anilines is 1. The molecule has 1 heterocycles. The van der Waals surface area contributed by atoms with Crippen molar-refractivity contribution in [3.8, 4) is 22.5 Å². The second kappa shape index (κ2) is 9.73. The van der Waals surface area contributed by atoms with Gasteiger partial charge in [0.15, 0.2) is 5.76 Å². The van der Waals surface area contributed by atoms with Gasteiger partial charge in [-0.25, -0.2) is 4.79 Å². The van der Waals surface area contributed by atoms with Gasteiger partial charge in [-0.3, -0.25) is 10.1 Å². The lowest BCUT2D eigenvalue weighted by Crippen LogP contribution is -2.22. The van der Waals surface area contributed by atoms with Crippen molar-refractivity contribution in [1.29, 1.82) is 0 Å². The molecule has 1 fully saturated rings. The fourth-order valence-corrected chi connectivity index (χ4v) is 5.56. The van der Waals surface area contributed by atoms with Gasteiger partial charge in [0, 0.05) is 5.56 Å². The average Bonchev–Trinajstić information content (AvgIpc) is 3.70. The summed E-state index contributed by atoms with van der Waals surface area (Å²) in [6.07, 6.45) is 2.44. The Morgan fingerprint density at radius 2 is 1.67 bits per heavy atom. The Labute approximate surface area is 227 Å². The summed E-state index contributed by atoms with van der Waals surface area (Å²) in [6.45, 7) is 3.62. The molecule has 0 radical (unpaired) electrons. The highest BCUT2D eigenvalue weighted by Gasteiger charge is 2.52. The number of hydrogen-bond donors (Lipinski definition) is 1. The monoisotopic (exact) mass is 522 g/mol. The Morgan fingerprint density at radius 3 is 2.36 bits per heavy atom. The maximum absolute atomic E-state index is 12.7. The second-order valence-electron chi connectivity index (χ2n) is 10.4. The van der Waals surface area contributed by atoms with Crippen LogP contribution in [0.15, 0.2) is 71.3 Å². The van der Waals surface area contributed by atoms with Crippen LogP contribution in [-0.4, -0.2) is 24.3 Å². The van der Waals surface area contributed by atoms with Crippen LogP contribution in [0.1, 0.15) is 53.8 Å². The minimum atomic E-state index is -0.568. The van der Waals surface area contributed by atoms with Gasteiger partial charge < -0.3 is 14.0 Å². The number of carbonyl (C=O) groups excluding carboxylic acids is 2. The molecular formula is C32H30N2O5. The van der Waals surface area contributed by atoms with Crippen molar-refractivity contribution in [2.24, 2.45) is 0 Å². The van der Waals surface area contributed by atoms with E-state index in [4.69, 9.17) is 14.0 Å². The first-order chi connectivity index (χ1) is 18.9. The number of amides is 1. The zero-order valence-corrected chi connectivity index (χ0v) is 22.2. The number of rotatable bonds is 6. The van der Waals surface area contributed by atoms with Gasteiger partial charge in [0.2, 0.25) is 0 Å². The number of ether oxygens (including phenoxy) is 2. The summed E-state index contributed by atoms with van der Waals surface area (Å²) >= 11 is 0. The molecule has 2 aliphatic rings. The van der Waals surface area contributed by atoms with Crippen LogP contribution in [0.4, 0.5) is 10.5 Å². The molecule has 7 nitrogen and oxygen atoms in total. The summed E-state index contributed by atoms with van der Waals surface area (Å²) in [5.74, 6) is 0.350. The quantitative estimate of drug-likeness (QED) is 0.276. The molecule has 0 saturated heterocycles. The third kappa shape index (κ3) is 4.48. The van der Waals surface area contributed by atoms with E-state index in [1.807, 2.05) is 43.3 Å². The first-order valence-electron chi connectivity index (χ1n) is 13.2. The number of carbonyl (C=O) groups is 2. The van der Waals surface area contributed by atoms with Crippen LogP contribution in [0.5, 0.6) is 0 Å². The molecule has 1 N–H and O–H groups in total. The summed E-state index contributed by atoms with van der Waals surface area (Å²) in [4.78, 5) is 25.1. The van der Waals surface area contributed by atoms with E-state index in [0.717, 1.165) is 47.9 Å². The molecule has 2 aliphatic carbocycles. The Morgan fingerprint density at radius 1 is 0.974 bits per heavy atom. The molecule has 0 aliphatic heterocycles. The van der Waals surface area contributed by atoms with Gasteiger partial charge >= 0.3 is 12.1 Å². The van der Waals surface area contributed by atoms with Crippen molar-refractivity contribution < 1.29 is 23.6 Å². The number of methoxy groups -OCH3 is 1. The Balaban J connectivity index is 1.24. The Kier molecular flexibility index (Phi) is 6.22. The zero-order chi connectivity index (χ0) is 27.1. The van der Waals surface area contributed by atoms with Gasteiger partial charge in [0.05, 0.1) is 12.5 Å². The summed E-state index contributed by atoms with van der Waals surface area (Å²) in [5, 5.41) is 6.95. The summed E-state index contributed by atoms with van der Waals surface area (Å²) < 4.78 is 16.3. The molecule has 3 aromatic carbocycles. The molecule has 7 heteroatoms. The number of aryl methyl sites for hydroxylation is 3. The molecule has 0 unspecified atom stereocenters. The van der Waals surface area contributed by atoms with Crippen molar-refractivity contribution in [2.45, 2.75) is 51.0 Å². The zero-order valence-electron chi connectivity index (χ0n) is 22.2. The molecule has 1 saturated carbocycles. The SMILES string of the molecule is COC(=O)C1(c2ccc3c(c2)CCc2cc(-c4onc(C)c4NC(=O)O[C@H](C)c4ccccc4)ccc2-3)CC1. The normalized spacial score (nSPS) is 15.5. The molecule has 198 valence electrons. The third-order valence-corrected chi connectivity index (χ3v) is 7.95. The van der Waals surface area contributed by atoms with E-state index in [1.54, 1.807) is 6.92 Å². The van der Waals surface area contributed by atoms with Crippen molar-refractivity contribution in [2.75, 3.05) is 12.4 Å². The fraction of sp³-hybridized carbons (Fsp3) is 0.281. The highest BCUT2D eigenvalue weighted by Crippen LogP contribution is 2.50. The van der Waals surface area contributed by atoms with Gasteiger partial charge in [-0.2, -0.15) is 0 Å². The van der Waals surface area contributed by atoms with Crippen molar-refractivity contribution in [3.63, 3.8) is 0 Å². The molecule has 1 aromatic heterocycles. The van der Waals surface area contributed by atoms with Crippen LogP contribution in [0.3, 0.4) is 0 Å².